The number of aromatic nitrogens is 2. The molecule has 3 aromatic rings. The lowest BCUT2D eigenvalue weighted by Gasteiger charge is -2.13. The standard InChI is InChI=1S/C23H26ClN3O2/c1-15-13-18(14-16(2)22(15)24)29-12-11-27-20-6-4-3-5-19(20)26-21(27)9-10-25-23(28)17-7-8-17/h3-6,13-14,17H,7-12H2,1-2H3,(H,25,28). The maximum Gasteiger partial charge on any atom is 0.223 e. The van der Waals surface area contributed by atoms with Crippen LogP contribution < -0.4 is 10.1 Å². The van der Waals surface area contributed by atoms with E-state index in [1.165, 1.54) is 0 Å². The summed E-state index contributed by atoms with van der Waals surface area (Å²) >= 11 is 6.25. The van der Waals surface area contributed by atoms with Crippen LogP contribution in [0.4, 0.5) is 0 Å². The summed E-state index contributed by atoms with van der Waals surface area (Å²) in [7, 11) is 0. The number of para-hydroxylation sites is 2. The average Bonchev–Trinajstić information content (AvgIpc) is 3.50. The molecule has 0 bridgehead atoms. The van der Waals surface area contributed by atoms with Gasteiger partial charge in [-0.15, -0.1) is 0 Å². The van der Waals surface area contributed by atoms with Gasteiger partial charge >= 0.3 is 0 Å². The van der Waals surface area contributed by atoms with Crippen molar-refractivity contribution in [3.05, 3.63) is 58.4 Å². The van der Waals surface area contributed by atoms with Gasteiger partial charge in [-0.2, -0.15) is 0 Å². The minimum atomic E-state index is 0.171. The summed E-state index contributed by atoms with van der Waals surface area (Å²) in [6.45, 7) is 5.80. The van der Waals surface area contributed by atoms with Crippen molar-refractivity contribution in [2.75, 3.05) is 13.2 Å². The Kier molecular flexibility index (Phi) is 5.76. The second-order valence-corrected chi connectivity index (χ2v) is 8.08. The number of amides is 1. The summed E-state index contributed by atoms with van der Waals surface area (Å²) in [5, 5.41) is 3.81. The number of hydrogen-bond acceptors (Lipinski definition) is 3. The number of imidazole rings is 1. The number of nitrogens with zero attached hydrogens (tertiary/aromatic N) is 2. The maximum atomic E-state index is 11.9. The third-order valence-corrected chi connectivity index (χ3v) is 5.92. The number of fused-ring (bicyclic) bond motifs is 1. The van der Waals surface area contributed by atoms with Crippen molar-refractivity contribution >= 4 is 28.5 Å². The van der Waals surface area contributed by atoms with E-state index in [1.54, 1.807) is 0 Å². The van der Waals surface area contributed by atoms with Gasteiger partial charge in [0.2, 0.25) is 5.91 Å². The van der Waals surface area contributed by atoms with Crippen LogP contribution in [-0.4, -0.2) is 28.6 Å². The fourth-order valence-corrected chi connectivity index (χ4v) is 3.71. The van der Waals surface area contributed by atoms with Crippen molar-refractivity contribution in [3.8, 4) is 5.75 Å². The van der Waals surface area contributed by atoms with Gasteiger partial charge in [-0.05, 0) is 62.1 Å². The highest BCUT2D eigenvalue weighted by molar-refractivity contribution is 6.32. The molecule has 0 unspecified atom stereocenters. The van der Waals surface area contributed by atoms with E-state index in [0.29, 0.717) is 26.1 Å². The molecule has 1 fully saturated rings. The first kappa shape index (κ1) is 19.8. The molecule has 1 aliphatic carbocycles. The molecule has 152 valence electrons. The van der Waals surface area contributed by atoms with E-state index >= 15 is 0 Å². The van der Waals surface area contributed by atoms with Crippen molar-refractivity contribution in [3.63, 3.8) is 0 Å². The summed E-state index contributed by atoms with van der Waals surface area (Å²) in [5.74, 6) is 2.19. The van der Waals surface area contributed by atoms with Gasteiger partial charge in [0.1, 0.15) is 18.2 Å². The summed E-state index contributed by atoms with van der Waals surface area (Å²) in [6.07, 6.45) is 2.74. The zero-order chi connectivity index (χ0) is 20.4. The van der Waals surface area contributed by atoms with Crippen molar-refractivity contribution in [2.24, 2.45) is 5.92 Å². The van der Waals surface area contributed by atoms with Gasteiger partial charge in [0.05, 0.1) is 17.6 Å². The van der Waals surface area contributed by atoms with Crippen LogP contribution in [0, 0.1) is 19.8 Å². The van der Waals surface area contributed by atoms with E-state index in [4.69, 9.17) is 21.3 Å². The first-order chi connectivity index (χ1) is 14.0. The van der Waals surface area contributed by atoms with E-state index in [-0.39, 0.29) is 11.8 Å². The van der Waals surface area contributed by atoms with Crippen LogP contribution >= 0.6 is 11.6 Å². The summed E-state index contributed by atoms with van der Waals surface area (Å²) < 4.78 is 8.19. The molecule has 5 nitrogen and oxygen atoms in total. The molecular weight excluding hydrogens is 386 g/mol. The molecule has 0 aliphatic heterocycles. The monoisotopic (exact) mass is 411 g/mol. The van der Waals surface area contributed by atoms with Crippen LogP contribution in [0.3, 0.4) is 0 Å². The summed E-state index contributed by atoms with van der Waals surface area (Å²) in [5.41, 5.74) is 4.08. The van der Waals surface area contributed by atoms with Crippen LogP contribution in [0.2, 0.25) is 5.02 Å². The highest BCUT2D eigenvalue weighted by atomic mass is 35.5. The Hall–Kier alpha value is -2.53. The van der Waals surface area contributed by atoms with Crippen LogP contribution in [-0.2, 0) is 17.8 Å². The highest BCUT2D eigenvalue weighted by Gasteiger charge is 2.29. The SMILES string of the molecule is Cc1cc(OCCn2c(CCNC(=O)C3CC3)nc3ccccc32)cc(C)c1Cl. The zero-order valence-corrected chi connectivity index (χ0v) is 17.6. The minimum absolute atomic E-state index is 0.171. The van der Waals surface area contributed by atoms with Gasteiger partial charge < -0.3 is 14.6 Å². The van der Waals surface area contributed by atoms with Crippen molar-refractivity contribution < 1.29 is 9.53 Å². The normalized spacial score (nSPS) is 13.6. The molecule has 29 heavy (non-hydrogen) atoms. The number of carbonyl (C=O) groups is 1. The number of rotatable bonds is 8. The quantitative estimate of drug-likeness (QED) is 0.595. The van der Waals surface area contributed by atoms with E-state index in [1.807, 2.05) is 44.2 Å². The lowest BCUT2D eigenvalue weighted by molar-refractivity contribution is -0.122. The molecule has 4 rings (SSSR count). The molecule has 1 amide bonds. The fourth-order valence-electron chi connectivity index (χ4n) is 3.60. The number of aryl methyl sites for hydroxylation is 2. The lowest BCUT2D eigenvalue weighted by Crippen LogP contribution is -2.27. The van der Waals surface area contributed by atoms with E-state index in [0.717, 1.165) is 51.6 Å². The molecule has 1 saturated carbocycles. The Morgan fingerprint density at radius 3 is 2.69 bits per heavy atom. The number of carbonyl (C=O) groups excluding carboxylic acids is 1. The highest BCUT2D eigenvalue weighted by Crippen LogP contribution is 2.28. The number of hydrogen-bond donors (Lipinski definition) is 1. The second-order valence-electron chi connectivity index (χ2n) is 7.70. The van der Waals surface area contributed by atoms with Gasteiger partial charge in [-0.25, -0.2) is 4.98 Å². The predicted molar refractivity (Wildman–Crippen MR) is 116 cm³/mol. The van der Waals surface area contributed by atoms with Crippen molar-refractivity contribution in [2.45, 2.75) is 39.7 Å². The van der Waals surface area contributed by atoms with Crippen LogP contribution in [0.1, 0.15) is 29.8 Å². The Morgan fingerprint density at radius 2 is 1.97 bits per heavy atom. The maximum absolute atomic E-state index is 11.9. The number of ether oxygens (including phenoxy) is 1. The van der Waals surface area contributed by atoms with Crippen LogP contribution in [0.15, 0.2) is 36.4 Å². The molecule has 0 saturated heterocycles. The van der Waals surface area contributed by atoms with E-state index in [2.05, 4.69) is 16.0 Å². The number of benzene rings is 2. The van der Waals surface area contributed by atoms with E-state index in [9.17, 15) is 4.79 Å². The Morgan fingerprint density at radius 1 is 1.24 bits per heavy atom. The second kappa shape index (κ2) is 8.46. The first-order valence-electron chi connectivity index (χ1n) is 10.1. The van der Waals surface area contributed by atoms with E-state index < -0.39 is 0 Å². The lowest BCUT2D eigenvalue weighted by atomic mass is 10.1. The zero-order valence-electron chi connectivity index (χ0n) is 16.9. The van der Waals surface area contributed by atoms with Gasteiger partial charge in [-0.3, -0.25) is 4.79 Å². The van der Waals surface area contributed by atoms with Crippen LogP contribution in [0.5, 0.6) is 5.75 Å². The molecule has 1 N–H and O–H groups in total. The molecule has 0 spiro atoms. The summed E-state index contributed by atoms with van der Waals surface area (Å²) in [4.78, 5) is 16.7. The third kappa shape index (κ3) is 4.56. The van der Waals surface area contributed by atoms with Gasteiger partial charge in [0.15, 0.2) is 0 Å². The molecule has 2 aromatic carbocycles. The van der Waals surface area contributed by atoms with Gasteiger partial charge in [0, 0.05) is 23.9 Å². The predicted octanol–water partition coefficient (Wildman–Crippen LogP) is 4.45. The Balaban J connectivity index is 1.44. The third-order valence-electron chi connectivity index (χ3n) is 5.32. The molecular formula is C23H26ClN3O2. The van der Waals surface area contributed by atoms with Crippen molar-refractivity contribution in [1.29, 1.82) is 0 Å². The molecule has 1 aromatic heterocycles. The molecule has 1 heterocycles. The van der Waals surface area contributed by atoms with Crippen LogP contribution in [0.25, 0.3) is 11.0 Å². The Bertz CT molecular complexity index is 1020. The van der Waals surface area contributed by atoms with Gasteiger partial charge in [0.25, 0.3) is 0 Å². The average molecular weight is 412 g/mol. The molecule has 6 heteroatoms. The molecule has 0 radical (unpaired) electrons. The smallest absolute Gasteiger partial charge is 0.223 e. The minimum Gasteiger partial charge on any atom is -0.492 e. The Labute approximate surface area is 176 Å². The van der Waals surface area contributed by atoms with Crippen molar-refractivity contribution in [1.82, 2.24) is 14.9 Å². The fraction of sp³-hybridized carbons (Fsp3) is 0.391. The number of nitrogens with one attached hydrogen (secondary N) is 1. The molecule has 0 atom stereocenters. The summed E-state index contributed by atoms with van der Waals surface area (Å²) in [6, 6.07) is 12.0. The molecule has 1 aliphatic rings. The largest absolute Gasteiger partial charge is 0.492 e. The number of halogens is 1. The topological polar surface area (TPSA) is 56.1 Å². The first-order valence-corrected chi connectivity index (χ1v) is 10.5. The van der Waals surface area contributed by atoms with Gasteiger partial charge in [-0.1, -0.05) is 23.7 Å².